The fourth-order valence-electron chi connectivity index (χ4n) is 2.90. The molecule has 1 aliphatic heterocycles. The number of benzene rings is 1. The van der Waals surface area contributed by atoms with E-state index in [0.29, 0.717) is 19.6 Å². The van der Waals surface area contributed by atoms with E-state index < -0.39 is 0 Å². The van der Waals surface area contributed by atoms with E-state index in [1.54, 1.807) is 0 Å². The van der Waals surface area contributed by atoms with Crippen LogP contribution in [-0.4, -0.2) is 60.4 Å². The molecule has 0 aromatic heterocycles. The molecular weight excluding hydrogens is 290 g/mol. The third kappa shape index (κ3) is 5.36. The number of nitrogens with one attached hydrogen (secondary N) is 1. The van der Waals surface area contributed by atoms with Gasteiger partial charge in [-0.1, -0.05) is 31.5 Å². The number of amides is 2. The second kappa shape index (κ2) is 8.67. The molecule has 2 amide bonds. The van der Waals surface area contributed by atoms with Crippen LogP contribution in [0.15, 0.2) is 30.3 Å². The smallest absolute Gasteiger partial charge is 0.253 e. The second-order valence-electron chi connectivity index (χ2n) is 6.19. The third-order valence-electron chi connectivity index (χ3n) is 4.18. The first-order valence-corrected chi connectivity index (χ1v) is 8.46. The van der Waals surface area contributed by atoms with Crippen LogP contribution in [0.25, 0.3) is 0 Å². The van der Waals surface area contributed by atoms with Crippen LogP contribution < -0.4 is 5.32 Å². The summed E-state index contributed by atoms with van der Waals surface area (Å²) < 4.78 is 0. The molecule has 126 valence electrons. The Labute approximate surface area is 138 Å². The molecule has 0 radical (unpaired) electrons. The van der Waals surface area contributed by atoms with Crippen molar-refractivity contribution >= 4 is 11.8 Å². The van der Waals surface area contributed by atoms with Gasteiger partial charge in [0.05, 0.1) is 6.54 Å². The summed E-state index contributed by atoms with van der Waals surface area (Å²) in [5.41, 5.74) is 0.729. The van der Waals surface area contributed by atoms with Crippen molar-refractivity contribution in [2.45, 2.75) is 32.7 Å². The zero-order valence-corrected chi connectivity index (χ0v) is 14.1. The lowest BCUT2D eigenvalue weighted by atomic mass is 10.2. The Hall–Kier alpha value is -1.88. The van der Waals surface area contributed by atoms with Crippen LogP contribution >= 0.6 is 0 Å². The maximum Gasteiger partial charge on any atom is 0.253 e. The van der Waals surface area contributed by atoms with Crippen LogP contribution in [0.3, 0.4) is 0 Å². The summed E-state index contributed by atoms with van der Waals surface area (Å²) in [6.07, 6.45) is 2.08. The van der Waals surface area contributed by atoms with Gasteiger partial charge in [-0.05, 0) is 25.5 Å². The van der Waals surface area contributed by atoms with E-state index in [1.807, 2.05) is 42.2 Å². The number of hydrogen-bond donors (Lipinski definition) is 1. The van der Waals surface area contributed by atoms with Crippen LogP contribution in [0.1, 0.15) is 37.0 Å². The van der Waals surface area contributed by atoms with Crippen molar-refractivity contribution in [3.05, 3.63) is 35.9 Å². The first-order valence-electron chi connectivity index (χ1n) is 8.46. The molecule has 5 nitrogen and oxygen atoms in total. The Kier molecular flexibility index (Phi) is 6.59. The van der Waals surface area contributed by atoms with Crippen molar-refractivity contribution in [2.24, 2.45) is 0 Å². The van der Waals surface area contributed by atoms with Crippen molar-refractivity contribution in [2.75, 3.05) is 32.7 Å². The topological polar surface area (TPSA) is 52.7 Å². The lowest BCUT2D eigenvalue weighted by Crippen LogP contribution is -2.51. The molecule has 23 heavy (non-hydrogen) atoms. The van der Waals surface area contributed by atoms with Crippen molar-refractivity contribution in [3.8, 4) is 0 Å². The van der Waals surface area contributed by atoms with Crippen molar-refractivity contribution in [1.82, 2.24) is 15.1 Å². The van der Waals surface area contributed by atoms with E-state index >= 15 is 0 Å². The van der Waals surface area contributed by atoms with Gasteiger partial charge >= 0.3 is 0 Å². The normalized spacial score (nSPS) is 16.9. The zero-order valence-electron chi connectivity index (χ0n) is 14.1. The highest BCUT2D eigenvalue weighted by atomic mass is 16.2. The molecule has 0 bridgehead atoms. The molecule has 0 saturated carbocycles. The average molecular weight is 317 g/mol. The van der Waals surface area contributed by atoms with Crippen LogP contribution in [0.5, 0.6) is 0 Å². The van der Waals surface area contributed by atoms with E-state index in [2.05, 4.69) is 17.1 Å². The Morgan fingerprint density at radius 1 is 1.13 bits per heavy atom. The first-order chi connectivity index (χ1) is 11.1. The van der Waals surface area contributed by atoms with Gasteiger partial charge in [-0.3, -0.25) is 14.5 Å². The fraction of sp³-hybridized carbons (Fsp3) is 0.556. The molecule has 1 heterocycles. The third-order valence-corrected chi connectivity index (χ3v) is 4.18. The highest BCUT2D eigenvalue weighted by Gasteiger charge is 2.23. The van der Waals surface area contributed by atoms with E-state index in [-0.39, 0.29) is 17.9 Å². The number of hydrogen-bond acceptors (Lipinski definition) is 3. The minimum absolute atomic E-state index is 0.0752. The van der Waals surface area contributed by atoms with Crippen molar-refractivity contribution in [1.29, 1.82) is 0 Å². The summed E-state index contributed by atoms with van der Waals surface area (Å²) in [6.45, 7) is 7.41. The average Bonchev–Trinajstić information content (AvgIpc) is 2.56. The Balaban J connectivity index is 1.75. The summed E-state index contributed by atoms with van der Waals surface area (Å²) in [6, 6.07) is 9.59. The molecular formula is C18H27N3O2. The number of nitrogens with zero attached hydrogens (tertiary/aromatic N) is 2. The molecule has 1 aromatic carbocycles. The van der Waals surface area contributed by atoms with Crippen LogP contribution in [0.4, 0.5) is 0 Å². The predicted molar refractivity (Wildman–Crippen MR) is 91.3 cm³/mol. The zero-order chi connectivity index (χ0) is 16.7. The van der Waals surface area contributed by atoms with Gasteiger partial charge in [0, 0.05) is 37.8 Å². The summed E-state index contributed by atoms with van der Waals surface area (Å²) in [4.78, 5) is 28.4. The fourth-order valence-corrected chi connectivity index (χ4v) is 2.90. The second-order valence-corrected chi connectivity index (χ2v) is 6.19. The molecule has 1 saturated heterocycles. The van der Waals surface area contributed by atoms with Gasteiger partial charge in [0.1, 0.15) is 0 Å². The number of carbonyl (C=O) groups excluding carboxylic acids is 2. The largest absolute Gasteiger partial charge is 0.353 e. The molecule has 5 heteroatoms. The highest BCUT2D eigenvalue weighted by Crippen LogP contribution is 2.08. The number of piperazine rings is 1. The lowest BCUT2D eigenvalue weighted by molar-refractivity contribution is -0.123. The minimum Gasteiger partial charge on any atom is -0.353 e. The maximum atomic E-state index is 12.4. The number of carbonyl (C=O) groups is 2. The monoisotopic (exact) mass is 317 g/mol. The SMILES string of the molecule is CCC[C@@H](C)NC(=O)CN1CCN(C(=O)c2ccccc2)CC1. The first kappa shape index (κ1) is 17.5. The Morgan fingerprint density at radius 2 is 1.78 bits per heavy atom. The molecule has 1 atom stereocenters. The van der Waals surface area contributed by atoms with E-state index in [4.69, 9.17) is 0 Å². The molecule has 1 fully saturated rings. The summed E-state index contributed by atoms with van der Waals surface area (Å²) >= 11 is 0. The molecule has 1 aromatic rings. The van der Waals surface area contributed by atoms with Gasteiger partial charge in [0.15, 0.2) is 0 Å². The van der Waals surface area contributed by atoms with Gasteiger partial charge in [-0.25, -0.2) is 0 Å². The van der Waals surface area contributed by atoms with Gasteiger partial charge in [-0.15, -0.1) is 0 Å². The molecule has 2 rings (SSSR count). The number of rotatable bonds is 6. The van der Waals surface area contributed by atoms with Crippen LogP contribution in [0.2, 0.25) is 0 Å². The van der Waals surface area contributed by atoms with E-state index in [9.17, 15) is 9.59 Å². The summed E-state index contributed by atoms with van der Waals surface area (Å²) in [5.74, 6) is 0.153. The van der Waals surface area contributed by atoms with E-state index in [0.717, 1.165) is 31.5 Å². The molecule has 0 unspecified atom stereocenters. The summed E-state index contributed by atoms with van der Waals surface area (Å²) in [5, 5.41) is 3.03. The van der Waals surface area contributed by atoms with Crippen molar-refractivity contribution in [3.63, 3.8) is 0 Å². The molecule has 0 spiro atoms. The predicted octanol–water partition coefficient (Wildman–Crippen LogP) is 1.75. The standard InChI is InChI=1S/C18H27N3O2/c1-3-7-15(2)19-17(22)14-20-10-12-21(13-11-20)18(23)16-8-5-4-6-9-16/h4-6,8-9,15H,3,7,10-14H2,1-2H3,(H,19,22)/t15-/m1/s1. The van der Waals surface area contributed by atoms with Crippen LogP contribution in [-0.2, 0) is 4.79 Å². The van der Waals surface area contributed by atoms with Crippen molar-refractivity contribution < 1.29 is 9.59 Å². The lowest BCUT2D eigenvalue weighted by Gasteiger charge is -2.34. The molecule has 1 N–H and O–H groups in total. The molecule has 0 aliphatic carbocycles. The Bertz CT molecular complexity index is 510. The minimum atomic E-state index is 0.0752. The Morgan fingerprint density at radius 3 is 2.39 bits per heavy atom. The van der Waals surface area contributed by atoms with Gasteiger partial charge < -0.3 is 10.2 Å². The summed E-state index contributed by atoms with van der Waals surface area (Å²) in [7, 11) is 0. The van der Waals surface area contributed by atoms with Gasteiger partial charge in [-0.2, -0.15) is 0 Å². The van der Waals surface area contributed by atoms with Gasteiger partial charge in [0.2, 0.25) is 5.91 Å². The van der Waals surface area contributed by atoms with Crippen LogP contribution in [0, 0.1) is 0 Å². The van der Waals surface area contributed by atoms with E-state index in [1.165, 1.54) is 0 Å². The van der Waals surface area contributed by atoms with Gasteiger partial charge in [0.25, 0.3) is 5.91 Å². The molecule has 1 aliphatic rings. The quantitative estimate of drug-likeness (QED) is 0.870. The maximum absolute atomic E-state index is 12.4. The highest BCUT2D eigenvalue weighted by molar-refractivity contribution is 5.94.